The van der Waals surface area contributed by atoms with E-state index in [0.717, 1.165) is 18.1 Å². The Balaban J connectivity index is 1.86. The molecule has 0 spiro atoms. The van der Waals surface area contributed by atoms with E-state index < -0.39 is 0 Å². The van der Waals surface area contributed by atoms with E-state index in [9.17, 15) is 5.11 Å². The Morgan fingerprint density at radius 2 is 1.68 bits per heavy atom. The van der Waals surface area contributed by atoms with Crippen LogP contribution in [0.2, 0.25) is 0 Å². The Morgan fingerprint density at radius 3 is 2.32 bits per heavy atom. The van der Waals surface area contributed by atoms with Crippen LogP contribution in [0.5, 0.6) is 0 Å². The number of aliphatic hydroxyl groups is 1. The molecule has 0 aliphatic carbocycles. The van der Waals surface area contributed by atoms with Gasteiger partial charge in [0.1, 0.15) is 0 Å². The lowest BCUT2D eigenvalue weighted by Gasteiger charge is -2.20. The minimum atomic E-state index is 0.0500. The summed E-state index contributed by atoms with van der Waals surface area (Å²) >= 11 is 0. The van der Waals surface area contributed by atoms with Crippen LogP contribution >= 0.6 is 0 Å². The maximum atomic E-state index is 9.66. The highest BCUT2D eigenvalue weighted by Gasteiger charge is 2.12. The van der Waals surface area contributed by atoms with Gasteiger partial charge in [-0.25, -0.2) is 0 Å². The molecule has 3 N–H and O–H groups in total. The summed E-state index contributed by atoms with van der Waals surface area (Å²) in [5, 5.41) is 16.3. The smallest absolute Gasteiger partial charge is 0.191 e. The molecular formula is C21H29N3O. The number of rotatable bonds is 7. The number of hydrogen-bond donors (Lipinski definition) is 3. The summed E-state index contributed by atoms with van der Waals surface area (Å²) in [5.41, 5.74) is 3.72. The second kappa shape index (κ2) is 9.84. The maximum absolute atomic E-state index is 9.66. The highest BCUT2D eigenvalue weighted by Crippen LogP contribution is 2.16. The van der Waals surface area contributed by atoms with Gasteiger partial charge in [-0.15, -0.1) is 0 Å². The maximum Gasteiger partial charge on any atom is 0.191 e. The first-order valence-corrected chi connectivity index (χ1v) is 8.81. The van der Waals surface area contributed by atoms with Crippen molar-refractivity contribution in [1.29, 1.82) is 0 Å². The molecule has 0 fully saturated rings. The lowest BCUT2D eigenvalue weighted by Crippen LogP contribution is -2.41. The summed E-state index contributed by atoms with van der Waals surface area (Å²) in [4.78, 5) is 4.28. The molecule has 0 aliphatic heterocycles. The fourth-order valence-corrected chi connectivity index (χ4v) is 2.80. The summed E-state index contributed by atoms with van der Waals surface area (Å²) in [6.45, 7) is 5.86. The minimum Gasteiger partial charge on any atom is -0.396 e. The molecule has 2 aromatic carbocycles. The third-order valence-electron chi connectivity index (χ3n) is 4.42. The molecule has 2 unspecified atom stereocenters. The van der Waals surface area contributed by atoms with Gasteiger partial charge < -0.3 is 15.7 Å². The van der Waals surface area contributed by atoms with E-state index >= 15 is 0 Å². The van der Waals surface area contributed by atoms with Crippen molar-refractivity contribution in [2.45, 2.75) is 25.7 Å². The van der Waals surface area contributed by atoms with Crippen LogP contribution in [0.4, 0.5) is 0 Å². The molecule has 2 aromatic rings. The van der Waals surface area contributed by atoms with E-state index in [1.54, 1.807) is 7.05 Å². The predicted octanol–water partition coefficient (Wildman–Crippen LogP) is 3.04. The molecule has 0 aliphatic rings. The number of guanidine groups is 1. The van der Waals surface area contributed by atoms with Gasteiger partial charge in [-0.1, -0.05) is 67.1 Å². The second-order valence-corrected chi connectivity index (χ2v) is 6.44. The van der Waals surface area contributed by atoms with Crippen LogP contribution in [0.15, 0.2) is 59.6 Å². The number of aliphatic imine (C=N–C) groups is 1. The van der Waals surface area contributed by atoms with Crippen LogP contribution in [0, 0.1) is 6.92 Å². The molecule has 0 bridgehead atoms. The van der Waals surface area contributed by atoms with Crippen molar-refractivity contribution in [3.05, 3.63) is 71.3 Å². The van der Waals surface area contributed by atoms with Gasteiger partial charge in [0.05, 0.1) is 6.61 Å². The number of benzene rings is 2. The predicted molar refractivity (Wildman–Crippen MR) is 105 cm³/mol. The molecular weight excluding hydrogens is 310 g/mol. The molecule has 4 heteroatoms. The Bertz CT molecular complexity index is 670. The van der Waals surface area contributed by atoms with Gasteiger partial charge in [-0.05, 0) is 24.0 Å². The highest BCUT2D eigenvalue weighted by molar-refractivity contribution is 5.79. The molecule has 0 saturated heterocycles. The fourth-order valence-electron chi connectivity index (χ4n) is 2.80. The van der Waals surface area contributed by atoms with E-state index in [1.807, 2.05) is 30.3 Å². The number of nitrogens with one attached hydrogen (secondary N) is 2. The van der Waals surface area contributed by atoms with Crippen LogP contribution in [-0.4, -0.2) is 37.8 Å². The lowest BCUT2D eigenvalue weighted by molar-refractivity contribution is 0.265. The first-order valence-electron chi connectivity index (χ1n) is 8.81. The van der Waals surface area contributed by atoms with Gasteiger partial charge >= 0.3 is 0 Å². The van der Waals surface area contributed by atoms with Gasteiger partial charge in [-0.2, -0.15) is 0 Å². The Hall–Kier alpha value is -2.33. The number of nitrogens with zero attached hydrogens (tertiary/aromatic N) is 1. The van der Waals surface area contributed by atoms with Crippen molar-refractivity contribution in [2.75, 3.05) is 26.7 Å². The average molecular weight is 339 g/mol. The number of aliphatic hydroxyl groups excluding tert-OH is 1. The standard InChI is InChI=1S/C21H29N3O/c1-16-8-7-11-19(12-16)17(2)13-23-21(22-3)24-14-20(15-25)18-9-5-4-6-10-18/h4-12,17,20,25H,13-15H2,1-3H3,(H2,22,23,24). The van der Waals surface area contributed by atoms with Crippen LogP contribution in [0.3, 0.4) is 0 Å². The lowest BCUT2D eigenvalue weighted by atomic mass is 9.99. The van der Waals surface area contributed by atoms with Crippen LogP contribution in [0.25, 0.3) is 0 Å². The molecule has 0 radical (unpaired) electrons. The van der Waals surface area contributed by atoms with Crippen molar-refractivity contribution in [3.8, 4) is 0 Å². The molecule has 0 aromatic heterocycles. The summed E-state index contributed by atoms with van der Waals surface area (Å²) < 4.78 is 0. The molecule has 0 heterocycles. The normalized spacial score (nSPS) is 14.0. The van der Waals surface area contributed by atoms with Gasteiger partial charge in [-0.3, -0.25) is 4.99 Å². The highest BCUT2D eigenvalue weighted by atomic mass is 16.3. The molecule has 134 valence electrons. The number of hydrogen-bond acceptors (Lipinski definition) is 2. The van der Waals surface area contributed by atoms with E-state index in [4.69, 9.17) is 0 Å². The van der Waals surface area contributed by atoms with E-state index in [1.165, 1.54) is 11.1 Å². The Labute approximate surface area is 151 Å². The fraction of sp³-hybridized carbons (Fsp3) is 0.381. The first-order chi connectivity index (χ1) is 12.1. The van der Waals surface area contributed by atoms with Crippen LogP contribution in [0.1, 0.15) is 35.4 Å². The zero-order valence-electron chi connectivity index (χ0n) is 15.4. The van der Waals surface area contributed by atoms with E-state index in [-0.39, 0.29) is 12.5 Å². The van der Waals surface area contributed by atoms with Gasteiger partial charge in [0, 0.05) is 26.1 Å². The van der Waals surface area contributed by atoms with Crippen molar-refractivity contribution >= 4 is 5.96 Å². The summed E-state index contributed by atoms with van der Waals surface area (Å²) in [5.74, 6) is 1.20. The quantitative estimate of drug-likeness (QED) is 0.537. The van der Waals surface area contributed by atoms with Crippen LogP contribution < -0.4 is 10.6 Å². The topological polar surface area (TPSA) is 56.7 Å². The molecule has 2 rings (SSSR count). The molecule has 0 amide bonds. The second-order valence-electron chi connectivity index (χ2n) is 6.44. The van der Waals surface area contributed by atoms with Crippen molar-refractivity contribution in [1.82, 2.24) is 10.6 Å². The third-order valence-corrected chi connectivity index (χ3v) is 4.42. The van der Waals surface area contributed by atoms with Gasteiger partial charge in [0.25, 0.3) is 0 Å². The van der Waals surface area contributed by atoms with E-state index in [2.05, 4.69) is 53.7 Å². The molecule has 25 heavy (non-hydrogen) atoms. The molecule has 4 nitrogen and oxygen atoms in total. The Kier molecular flexibility index (Phi) is 7.48. The van der Waals surface area contributed by atoms with Crippen molar-refractivity contribution in [3.63, 3.8) is 0 Å². The summed E-state index contributed by atoms with van der Waals surface area (Å²) in [6, 6.07) is 18.6. The SMILES string of the molecule is CN=C(NCC(C)c1cccc(C)c1)NCC(CO)c1ccccc1. The first kappa shape index (κ1) is 19.0. The largest absolute Gasteiger partial charge is 0.396 e. The minimum absolute atomic E-state index is 0.0500. The summed E-state index contributed by atoms with van der Waals surface area (Å²) in [7, 11) is 1.77. The van der Waals surface area contributed by atoms with Gasteiger partial charge in [0.15, 0.2) is 5.96 Å². The number of aryl methyl sites for hydroxylation is 1. The zero-order valence-corrected chi connectivity index (χ0v) is 15.4. The monoisotopic (exact) mass is 339 g/mol. The zero-order chi connectivity index (χ0) is 18.1. The molecule has 0 saturated carbocycles. The van der Waals surface area contributed by atoms with Crippen molar-refractivity contribution in [2.24, 2.45) is 4.99 Å². The van der Waals surface area contributed by atoms with Gasteiger partial charge in [0.2, 0.25) is 0 Å². The van der Waals surface area contributed by atoms with Crippen LogP contribution in [-0.2, 0) is 0 Å². The van der Waals surface area contributed by atoms with E-state index in [0.29, 0.717) is 12.5 Å². The average Bonchev–Trinajstić information content (AvgIpc) is 2.65. The van der Waals surface area contributed by atoms with Crippen molar-refractivity contribution < 1.29 is 5.11 Å². The Morgan fingerprint density at radius 1 is 1.00 bits per heavy atom. The third kappa shape index (κ3) is 5.91. The summed E-state index contributed by atoms with van der Waals surface area (Å²) in [6.07, 6.45) is 0. The molecule has 2 atom stereocenters.